The van der Waals surface area contributed by atoms with Crippen molar-refractivity contribution in [2.24, 2.45) is 0 Å². The van der Waals surface area contributed by atoms with Crippen molar-refractivity contribution in [1.82, 2.24) is 9.80 Å². The molecule has 2 aromatic carbocycles. The van der Waals surface area contributed by atoms with Gasteiger partial charge in [-0.05, 0) is 48.2 Å². The first kappa shape index (κ1) is 21.1. The molecule has 0 amide bonds. The van der Waals surface area contributed by atoms with E-state index < -0.39 is 5.82 Å². The summed E-state index contributed by atoms with van der Waals surface area (Å²) in [6.07, 6.45) is 0.771. The third kappa shape index (κ3) is 3.90. The van der Waals surface area contributed by atoms with Crippen molar-refractivity contribution in [3.63, 3.8) is 0 Å². The Morgan fingerprint density at radius 3 is 2.91 bits per heavy atom. The molecule has 6 nitrogen and oxygen atoms in total. The molecule has 3 aliphatic rings. The molecule has 0 aromatic heterocycles. The largest absolute Gasteiger partial charge is 0.457 e. The second-order valence-corrected chi connectivity index (χ2v) is 8.82. The number of cyclic esters (lactones) is 1. The van der Waals surface area contributed by atoms with Crippen LogP contribution in [0.25, 0.3) is 0 Å². The van der Waals surface area contributed by atoms with Gasteiger partial charge >= 0.3 is 5.97 Å². The number of halogens is 1. The van der Waals surface area contributed by atoms with Crippen LogP contribution in [0.5, 0.6) is 0 Å². The van der Waals surface area contributed by atoms with Gasteiger partial charge in [0.1, 0.15) is 18.5 Å². The average Bonchev–Trinajstić information content (AvgIpc) is 3.19. The molecule has 7 heteroatoms. The van der Waals surface area contributed by atoms with Gasteiger partial charge in [-0.1, -0.05) is 12.1 Å². The van der Waals surface area contributed by atoms with E-state index in [-0.39, 0.29) is 17.6 Å². The number of carbonyl (C=O) groups is 1. The highest BCUT2D eigenvalue weighted by Gasteiger charge is 2.34. The van der Waals surface area contributed by atoms with Crippen molar-refractivity contribution in [3.8, 4) is 6.07 Å². The van der Waals surface area contributed by atoms with Crippen LogP contribution in [0.3, 0.4) is 0 Å². The third-order valence-corrected chi connectivity index (χ3v) is 7.04. The molecule has 1 unspecified atom stereocenters. The Morgan fingerprint density at radius 1 is 1.22 bits per heavy atom. The van der Waals surface area contributed by atoms with Crippen LogP contribution < -0.4 is 0 Å². The number of ether oxygens (including phenoxy) is 2. The number of rotatable bonds is 4. The first-order valence-electron chi connectivity index (χ1n) is 11.1. The Labute approximate surface area is 187 Å². The van der Waals surface area contributed by atoms with Gasteiger partial charge in [-0.25, -0.2) is 9.18 Å². The standard InChI is InChI=1S/C25H26FN3O3/c1-16-17(4-5-21-22(16)15-32-25(21)30)6-7-28-8-9-29-13-24(31-14-20(29)12-28)18-2-3-19(11-27)23(26)10-18/h2-5,10,20,24H,6-9,12-15H2,1H3/t20-,24?/m1/s1. The first-order valence-corrected chi connectivity index (χ1v) is 11.1. The Kier molecular flexibility index (Phi) is 5.68. The number of esters is 1. The molecule has 0 radical (unpaired) electrons. The summed E-state index contributed by atoms with van der Waals surface area (Å²) in [6, 6.07) is 10.9. The van der Waals surface area contributed by atoms with Gasteiger partial charge < -0.3 is 14.4 Å². The van der Waals surface area contributed by atoms with Crippen LogP contribution in [-0.2, 0) is 22.5 Å². The van der Waals surface area contributed by atoms with Crippen molar-refractivity contribution in [1.29, 1.82) is 5.26 Å². The molecular weight excluding hydrogens is 409 g/mol. The van der Waals surface area contributed by atoms with E-state index in [0.717, 1.165) is 50.3 Å². The van der Waals surface area contributed by atoms with Gasteiger partial charge in [0.05, 0.1) is 23.8 Å². The van der Waals surface area contributed by atoms with Crippen LogP contribution in [0.4, 0.5) is 4.39 Å². The van der Waals surface area contributed by atoms with Gasteiger partial charge in [0.2, 0.25) is 0 Å². The second-order valence-electron chi connectivity index (χ2n) is 8.82. The average molecular weight is 435 g/mol. The summed E-state index contributed by atoms with van der Waals surface area (Å²) >= 11 is 0. The van der Waals surface area contributed by atoms with E-state index in [9.17, 15) is 9.18 Å². The van der Waals surface area contributed by atoms with E-state index in [1.807, 2.05) is 12.1 Å². The summed E-state index contributed by atoms with van der Waals surface area (Å²) in [6.45, 7) is 7.65. The van der Waals surface area contributed by atoms with E-state index in [4.69, 9.17) is 14.7 Å². The first-order chi connectivity index (χ1) is 15.5. The summed E-state index contributed by atoms with van der Waals surface area (Å²) in [5.41, 5.74) is 5.03. The lowest BCUT2D eigenvalue weighted by atomic mass is 9.96. The Balaban J connectivity index is 1.17. The summed E-state index contributed by atoms with van der Waals surface area (Å²) < 4.78 is 25.3. The lowest BCUT2D eigenvalue weighted by Gasteiger charge is -2.46. The fourth-order valence-corrected chi connectivity index (χ4v) is 5.02. The maximum Gasteiger partial charge on any atom is 0.338 e. The predicted octanol–water partition coefficient (Wildman–Crippen LogP) is 2.98. The molecule has 2 saturated heterocycles. The monoisotopic (exact) mass is 435 g/mol. The zero-order valence-electron chi connectivity index (χ0n) is 18.1. The highest BCUT2D eigenvalue weighted by molar-refractivity contribution is 5.93. The summed E-state index contributed by atoms with van der Waals surface area (Å²) in [4.78, 5) is 16.7. The fraction of sp³-hybridized carbons (Fsp3) is 0.440. The number of carbonyl (C=O) groups excluding carboxylic acids is 1. The van der Waals surface area contributed by atoms with Crippen LogP contribution >= 0.6 is 0 Å². The van der Waals surface area contributed by atoms with Gasteiger partial charge in [0, 0.05) is 44.3 Å². The zero-order valence-corrected chi connectivity index (χ0v) is 18.1. The van der Waals surface area contributed by atoms with Crippen LogP contribution in [0.15, 0.2) is 30.3 Å². The number of hydrogen-bond donors (Lipinski definition) is 0. The number of hydrogen-bond acceptors (Lipinski definition) is 6. The van der Waals surface area contributed by atoms with Crippen molar-refractivity contribution >= 4 is 5.97 Å². The maximum atomic E-state index is 14.0. The topological polar surface area (TPSA) is 65.8 Å². The van der Waals surface area contributed by atoms with Gasteiger partial charge in [-0.2, -0.15) is 5.26 Å². The molecule has 32 heavy (non-hydrogen) atoms. The lowest BCUT2D eigenvalue weighted by molar-refractivity contribution is -0.0901. The van der Waals surface area contributed by atoms with E-state index >= 15 is 0 Å². The third-order valence-electron chi connectivity index (χ3n) is 7.04. The summed E-state index contributed by atoms with van der Waals surface area (Å²) in [5, 5.41) is 8.93. The number of nitriles is 1. The SMILES string of the molecule is Cc1c(CCN2CCN3CC(c4ccc(C#N)c(F)c4)OC[C@H]3C2)ccc2c1COC2=O. The second kappa shape index (κ2) is 8.62. The number of piperazine rings is 1. The van der Waals surface area contributed by atoms with Gasteiger partial charge in [0.25, 0.3) is 0 Å². The minimum atomic E-state index is -0.488. The van der Waals surface area contributed by atoms with Crippen molar-refractivity contribution in [3.05, 3.63) is 69.5 Å². The van der Waals surface area contributed by atoms with E-state index in [2.05, 4.69) is 22.8 Å². The maximum absolute atomic E-state index is 14.0. The van der Waals surface area contributed by atoms with Crippen LogP contribution in [-0.4, -0.2) is 61.1 Å². The number of fused-ring (bicyclic) bond motifs is 2. The summed E-state index contributed by atoms with van der Waals surface area (Å²) in [7, 11) is 0. The van der Waals surface area contributed by atoms with Crippen molar-refractivity contribution in [2.75, 3.05) is 39.3 Å². The molecule has 0 N–H and O–H groups in total. The quantitative estimate of drug-likeness (QED) is 0.688. The van der Waals surface area contributed by atoms with E-state index in [0.29, 0.717) is 24.8 Å². The van der Waals surface area contributed by atoms with Crippen LogP contribution in [0.2, 0.25) is 0 Å². The molecule has 166 valence electrons. The minimum Gasteiger partial charge on any atom is -0.457 e. The zero-order chi connectivity index (χ0) is 22.2. The van der Waals surface area contributed by atoms with Crippen LogP contribution in [0, 0.1) is 24.1 Å². The summed E-state index contributed by atoms with van der Waals surface area (Å²) in [5.74, 6) is -0.705. The minimum absolute atomic E-state index is 0.0637. The molecule has 0 saturated carbocycles. The Bertz CT molecular complexity index is 1100. The molecule has 0 bridgehead atoms. The molecule has 0 spiro atoms. The highest BCUT2D eigenvalue weighted by atomic mass is 19.1. The molecule has 3 heterocycles. The van der Waals surface area contributed by atoms with E-state index in [1.54, 1.807) is 6.07 Å². The molecule has 2 aromatic rings. The number of morpholine rings is 1. The normalized spacial score (nSPS) is 23.3. The molecule has 2 fully saturated rings. The molecule has 2 atom stereocenters. The fourth-order valence-electron chi connectivity index (χ4n) is 5.02. The Hall–Kier alpha value is -2.79. The molecule has 3 aliphatic heterocycles. The molecular formula is C25H26FN3O3. The molecule has 0 aliphatic carbocycles. The Morgan fingerprint density at radius 2 is 2.09 bits per heavy atom. The van der Waals surface area contributed by atoms with Gasteiger partial charge in [-0.3, -0.25) is 4.90 Å². The van der Waals surface area contributed by atoms with Crippen molar-refractivity contribution < 1.29 is 18.7 Å². The lowest BCUT2D eigenvalue weighted by Crippen LogP contribution is -2.58. The highest BCUT2D eigenvalue weighted by Crippen LogP contribution is 2.29. The molecule has 5 rings (SSSR count). The van der Waals surface area contributed by atoms with Gasteiger partial charge in [0.15, 0.2) is 0 Å². The van der Waals surface area contributed by atoms with E-state index in [1.165, 1.54) is 23.3 Å². The predicted molar refractivity (Wildman–Crippen MR) is 116 cm³/mol. The van der Waals surface area contributed by atoms with Gasteiger partial charge in [-0.15, -0.1) is 0 Å². The smallest absolute Gasteiger partial charge is 0.338 e. The number of benzene rings is 2. The number of nitrogens with zero attached hydrogens (tertiary/aromatic N) is 3. The van der Waals surface area contributed by atoms with Crippen LogP contribution in [0.1, 0.15) is 44.3 Å². The van der Waals surface area contributed by atoms with Crippen molar-refractivity contribution in [2.45, 2.75) is 32.1 Å².